The number of ketones is 1. The van der Waals surface area contributed by atoms with Gasteiger partial charge in [-0.1, -0.05) is 42.8 Å². The van der Waals surface area contributed by atoms with Gasteiger partial charge in [0, 0.05) is 30.7 Å². The van der Waals surface area contributed by atoms with E-state index in [1.165, 1.54) is 13.8 Å². The monoisotopic (exact) mass is 486 g/mol. The molecule has 1 aliphatic rings. The molecule has 0 aromatic heterocycles. The van der Waals surface area contributed by atoms with Crippen LogP contribution in [0.2, 0.25) is 5.02 Å². The Bertz CT molecular complexity index is 1060. The minimum Gasteiger partial charge on any atom is -0.462 e. The third-order valence-corrected chi connectivity index (χ3v) is 6.98. The lowest BCUT2D eigenvalue weighted by atomic mass is 9.94. The molecule has 0 bridgehead atoms. The molecule has 3 rings (SSSR count). The van der Waals surface area contributed by atoms with Crippen LogP contribution in [0.25, 0.3) is 0 Å². The van der Waals surface area contributed by atoms with Crippen molar-refractivity contribution in [2.75, 3.05) is 0 Å². The summed E-state index contributed by atoms with van der Waals surface area (Å²) in [5.74, 6) is -0.0202. The molecule has 0 heterocycles. The average molecular weight is 487 g/mol. The highest BCUT2D eigenvalue weighted by atomic mass is 35.5. The van der Waals surface area contributed by atoms with Crippen molar-refractivity contribution in [3.63, 3.8) is 0 Å². The molecule has 1 fully saturated rings. The van der Waals surface area contributed by atoms with E-state index in [4.69, 9.17) is 21.1 Å². The number of benzene rings is 2. The molecular formula is C27H31ClO6. The number of esters is 2. The number of carbonyl (C=O) groups is 3. The van der Waals surface area contributed by atoms with Gasteiger partial charge in [0.25, 0.3) is 0 Å². The normalized spacial score (nSPS) is 20.8. The Kier molecular flexibility index (Phi) is 8.16. The van der Waals surface area contributed by atoms with Gasteiger partial charge in [0.1, 0.15) is 17.6 Å². The summed E-state index contributed by atoms with van der Waals surface area (Å²) in [5, 5.41) is 11.5. The second kappa shape index (κ2) is 10.7. The van der Waals surface area contributed by atoms with E-state index in [1.807, 2.05) is 25.1 Å². The lowest BCUT2D eigenvalue weighted by Crippen LogP contribution is -2.22. The quantitative estimate of drug-likeness (QED) is 0.366. The van der Waals surface area contributed by atoms with Gasteiger partial charge < -0.3 is 14.6 Å². The van der Waals surface area contributed by atoms with Crippen LogP contribution in [-0.2, 0) is 25.5 Å². The fourth-order valence-corrected chi connectivity index (χ4v) is 4.54. The number of halogens is 1. The largest absolute Gasteiger partial charge is 0.462 e. The molecule has 34 heavy (non-hydrogen) atoms. The highest BCUT2D eigenvalue weighted by Gasteiger charge is 2.54. The molecule has 2 aromatic carbocycles. The van der Waals surface area contributed by atoms with Gasteiger partial charge in [-0.25, -0.2) is 0 Å². The van der Waals surface area contributed by atoms with Crippen molar-refractivity contribution in [2.24, 2.45) is 11.3 Å². The van der Waals surface area contributed by atoms with Crippen LogP contribution in [-0.4, -0.2) is 28.9 Å². The molecule has 182 valence electrons. The second-order valence-electron chi connectivity index (χ2n) is 9.36. The number of Topliss-reactive ketones (excluding diaryl/α,β-unsaturated/α-hetero) is 1. The van der Waals surface area contributed by atoms with Crippen molar-refractivity contribution in [1.29, 1.82) is 0 Å². The van der Waals surface area contributed by atoms with E-state index < -0.39 is 18.2 Å². The maximum atomic E-state index is 11.9. The number of aliphatic hydroxyl groups is 1. The van der Waals surface area contributed by atoms with E-state index in [1.54, 1.807) is 31.2 Å². The van der Waals surface area contributed by atoms with Crippen LogP contribution in [0.4, 0.5) is 0 Å². The first kappa shape index (κ1) is 25.9. The maximum Gasteiger partial charge on any atom is 0.308 e. The molecule has 2 aromatic rings. The van der Waals surface area contributed by atoms with Gasteiger partial charge in [-0.15, -0.1) is 0 Å². The average Bonchev–Trinajstić information content (AvgIpc) is 3.40. The Hall–Kier alpha value is -2.70. The lowest BCUT2D eigenvalue weighted by Gasteiger charge is -2.22. The number of aliphatic hydroxyl groups excluding tert-OH is 1. The summed E-state index contributed by atoms with van der Waals surface area (Å²) in [7, 11) is 0. The van der Waals surface area contributed by atoms with Crippen molar-refractivity contribution in [3.8, 4) is 5.75 Å². The smallest absolute Gasteiger partial charge is 0.308 e. The van der Waals surface area contributed by atoms with Gasteiger partial charge in [0.2, 0.25) is 0 Å². The molecule has 0 aliphatic heterocycles. The molecule has 6 nitrogen and oxygen atoms in total. The Morgan fingerprint density at radius 2 is 1.76 bits per heavy atom. The van der Waals surface area contributed by atoms with E-state index in [0.29, 0.717) is 29.2 Å². The van der Waals surface area contributed by atoms with E-state index >= 15 is 0 Å². The van der Waals surface area contributed by atoms with Crippen molar-refractivity contribution in [1.82, 2.24) is 0 Å². The number of rotatable bonds is 10. The molecule has 4 atom stereocenters. The summed E-state index contributed by atoms with van der Waals surface area (Å²) >= 11 is 6.41. The number of hydrogen-bond acceptors (Lipinski definition) is 6. The molecule has 1 saturated carbocycles. The second-order valence-corrected chi connectivity index (χ2v) is 9.77. The van der Waals surface area contributed by atoms with Gasteiger partial charge in [-0.3, -0.25) is 14.4 Å². The zero-order valence-electron chi connectivity index (χ0n) is 20.0. The Morgan fingerprint density at radius 1 is 1.09 bits per heavy atom. The summed E-state index contributed by atoms with van der Waals surface area (Å²) in [4.78, 5) is 34.6. The van der Waals surface area contributed by atoms with Crippen LogP contribution in [0.1, 0.15) is 69.8 Å². The highest BCUT2D eigenvalue weighted by Crippen LogP contribution is 2.55. The number of hydrogen-bond donors (Lipinski definition) is 1. The fraction of sp³-hybridized carbons (Fsp3) is 0.444. The molecule has 1 N–H and O–H groups in total. The first-order chi connectivity index (χ1) is 16.0. The van der Waals surface area contributed by atoms with Crippen LogP contribution < -0.4 is 4.74 Å². The summed E-state index contributed by atoms with van der Waals surface area (Å²) in [6.45, 7) is 6.23. The molecule has 0 saturated heterocycles. The van der Waals surface area contributed by atoms with Gasteiger partial charge in [0.05, 0.1) is 6.10 Å². The lowest BCUT2D eigenvalue weighted by molar-refractivity contribution is -0.148. The fourth-order valence-electron chi connectivity index (χ4n) is 4.36. The van der Waals surface area contributed by atoms with Crippen LogP contribution in [0.5, 0.6) is 5.75 Å². The molecule has 7 heteroatoms. The molecule has 0 amide bonds. The van der Waals surface area contributed by atoms with Crippen molar-refractivity contribution in [2.45, 2.75) is 65.6 Å². The number of ether oxygens (including phenoxy) is 2. The molecular weight excluding hydrogens is 456 g/mol. The summed E-state index contributed by atoms with van der Waals surface area (Å²) in [6, 6.07) is 12.5. The summed E-state index contributed by atoms with van der Waals surface area (Å²) < 4.78 is 10.5. The zero-order chi connectivity index (χ0) is 25.0. The van der Waals surface area contributed by atoms with Crippen LogP contribution in [0.3, 0.4) is 0 Å². The first-order valence-electron chi connectivity index (χ1n) is 11.4. The third kappa shape index (κ3) is 6.67. The van der Waals surface area contributed by atoms with Crippen molar-refractivity contribution < 1.29 is 29.0 Å². The predicted molar refractivity (Wildman–Crippen MR) is 129 cm³/mol. The minimum absolute atomic E-state index is 0.142. The van der Waals surface area contributed by atoms with Gasteiger partial charge in [-0.2, -0.15) is 0 Å². The maximum absolute atomic E-state index is 11.9. The first-order valence-corrected chi connectivity index (χ1v) is 11.8. The Balaban J connectivity index is 1.69. The summed E-state index contributed by atoms with van der Waals surface area (Å²) in [6.07, 6.45) is 0.758. The zero-order valence-corrected chi connectivity index (χ0v) is 20.7. The number of carbonyl (C=O) groups excluding carboxylic acids is 3. The molecule has 1 aliphatic carbocycles. The molecule has 0 spiro atoms. The Morgan fingerprint density at radius 3 is 2.32 bits per heavy atom. The Labute approximate surface area is 205 Å². The van der Waals surface area contributed by atoms with Crippen LogP contribution >= 0.6 is 11.6 Å². The van der Waals surface area contributed by atoms with Gasteiger partial charge in [0.15, 0.2) is 0 Å². The van der Waals surface area contributed by atoms with Gasteiger partial charge in [-0.05, 0) is 67.0 Å². The predicted octanol–water partition coefficient (Wildman–Crippen LogP) is 5.22. The SMILES string of the molecule is CC(=O)Oc1ccc(Cc2cc(C(O)CC(CC3CC3(C)C(C)=O)OC(C)=O)ccc2Cl)cc1. The van der Waals surface area contributed by atoms with Crippen molar-refractivity contribution >= 4 is 29.3 Å². The van der Waals surface area contributed by atoms with E-state index in [0.717, 1.165) is 17.5 Å². The standard InChI is InChI=1S/C27H31ClO6/c1-16(29)27(4)15-22(27)13-24(34-18(3)31)14-26(32)20-7-10-25(28)21(12-20)11-19-5-8-23(9-6-19)33-17(2)30/h5-10,12,22,24,26,32H,11,13-15H2,1-4H3. The third-order valence-electron chi connectivity index (χ3n) is 6.62. The van der Waals surface area contributed by atoms with Crippen molar-refractivity contribution in [3.05, 3.63) is 64.2 Å². The molecule has 4 unspecified atom stereocenters. The van der Waals surface area contributed by atoms with Gasteiger partial charge >= 0.3 is 11.9 Å². The summed E-state index contributed by atoms with van der Waals surface area (Å²) in [5.41, 5.74) is 2.13. The van der Waals surface area contributed by atoms with Crippen LogP contribution in [0.15, 0.2) is 42.5 Å². The highest BCUT2D eigenvalue weighted by molar-refractivity contribution is 6.31. The molecule has 0 radical (unpaired) electrons. The van der Waals surface area contributed by atoms with E-state index in [-0.39, 0.29) is 29.5 Å². The van der Waals surface area contributed by atoms with E-state index in [9.17, 15) is 19.5 Å². The van der Waals surface area contributed by atoms with E-state index in [2.05, 4.69) is 0 Å². The minimum atomic E-state index is -0.853. The topological polar surface area (TPSA) is 89.9 Å². The van der Waals surface area contributed by atoms with Crippen LogP contribution in [0, 0.1) is 11.3 Å².